The molecule has 0 spiro atoms. The van der Waals surface area contributed by atoms with Crippen molar-refractivity contribution < 1.29 is 13.9 Å². The van der Waals surface area contributed by atoms with E-state index in [-0.39, 0.29) is 0 Å². The average molecular weight is 314 g/mol. The summed E-state index contributed by atoms with van der Waals surface area (Å²) in [4.78, 5) is 0. The molecule has 1 fully saturated rings. The second-order valence-corrected chi connectivity index (χ2v) is 7.75. The minimum atomic E-state index is -1.78. The van der Waals surface area contributed by atoms with Gasteiger partial charge in [-0.15, -0.1) is 0 Å². The van der Waals surface area contributed by atoms with Gasteiger partial charge in [-0.1, -0.05) is 38.3 Å². The van der Waals surface area contributed by atoms with Crippen molar-refractivity contribution in [3.63, 3.8) is 0 Å². The Labute approximate surface area is 134 Å². The Kier molecular flexibility index (Phi) is 6.43. The molecule has 0 heterocycles. The smallest absolute Gasteiger partial charge is 0.157 e. The van der Waals surface area contributed by atoms with Crippen LogP contribution in [0.2, 0.25) is 0 Å². The predicted octanol–water partition coefficient (Wildman–Crippen LogP) is 5.23. The van der Waals surface area contributed by atoms with Gasteiger partial charge >= 0.3 is 0 Å². The highest BCUT2D eigenvalue weighted by molar-refractivity contribution is 5.13. The van der Waals surface area contributed by atoms with Crippen molar-refractivity contribution in [3.8, 4) is 0 Å². The molecule has 128 valence electrons. The van der Waals surface area contributed by atoms with Gasteiger partial charge in [0.25, 0.3) is 0 Å². The normalized spacial score (nSPS) is 35.4. The van der Waals surface area contributed by atoms with Crippen molar-refractivity contribution in [2.45, 2.75) is 84.2 Å². The van der Waals surface area contributed by atoms with Gasteiger partial charge in [-0.2, -0.15) is 0 Å². The van der Waals surface area contributed by atoms with Crippen molar-refractivity contribution in [1.29, 1.82) is 0 Å². The molecule has 0 aliphatic heterocycles. The van der Waals surface area contributed by atoms with Crippen LogP contribution in [0.25, 0.3) is 0 Å². The summed E-state index contributed by atoms with van der Waals surface area (Å²) < 4.78 is 27.8. The first kappa shape index (κ1) is 17.9. The van der Waals surface area contributed by atoms with Crippen molar-refractivity contribution in [3.05, 3.63) is 11.6 Å². The van der Waals surface area contributed by atoms with E-state index in [1.165, 1.54) is 32.6 Å². The molecule has 0 bridgehead atoms. The Hall–Kier alpha value is -0.440. The minimum absolute atomic E-state index is 0.420. The third-order valence-electron chi connectivity index (χ3n) is 6.04. The van der Waals surface area contributed by atoms with Crippen LogP contribution in [-0.4, -0.2) is 23.6 Å². The second-order valence-electron chi connectivity index (χ2n) is 7.75. The molecule has 0 aromatic carbocycles. The van der Waals surface area contributed by atoms with E-state index in [9.17, 15) is 13.9 Å². The van der Waals surface area contributed by atoms with Crippen LogP contribution in [-0.2, 0) is 0 Å². The molecule has 2 aliphatic rings. The van der Waals surface area contributed by atoms with Crippen LogP contribution in [0.5, 0.6) is 0 Å². The standard InChI is InChI=1S/C19H32F2O/c1-12-4-6-16(7-5-12)17-10-8-15(9-11-17)13(2)18(20)19(21)14(3)22/h8,12-14,16-19,22H,4-7,9-11H2,1-3H3. The Morgan fingerprint density at radius 3 is 2.14 bits per heavy atom. The third kappa shape index (κ3) is 4.31. The Morgan fingerprint density at radius 2 is 1.64 bits per heavy atom. The summed E-state index contributed by atoms with van der Waals surface area (Å²) in [6.07, 6.45) is 5.95. The maximum absolute atomic E-state index is 14.1. The molecule has 5 atom stereocenters. The lowest BCUT2D eigenvalue weighted by Crippen LogP contribution is -2.34. The highest BCUT2D eigenvalue weighted by Crippen LogP contribution is 2.41. The molecule has 0 radical (unpaired) electrons. The van der Waals surface area contributed by atoms with E-state index in [2.05, 4.69) is 13.0 Å². The second kappa shape index (κ2) is 7.90. The van der Waals surface area contributed by atoms with Crippen LogP contribution < -0.4 is 0 Å². The molecule has 1 N–H and O–H groups in total. The summed E-state index contributed by atoms with van der Waals surface area (Å²) in [6.45, 7) is 5.42. The molecule has 0 aromatic rings. The quantitative estimate of drug-likeness (QED) is 0.689. The van der Waals surface area contributed by atoms with Gasteiger partial charge in [0.2, 0.25) is 0 Å². The summed E-state index contributed by atoms with van der Waals surface area (Å²) in [6, 6.07) is 0. The van der Waals surface area contributed by atoms with Crippen LogP contribution in [0.1, 0.15) is 65.7 Å². The van der Waals surface area contributed by atoms with Crippen LogP contribution in [0.15, 0.2) is 11.6 Å². The van der Waals surface area contributed by atoms with E-state index < -0.39 is 24.4 Å². The van der Waals surface area contributed by atoms with Crippen LogP contribution >= 0.6 is 0 Å². The third-order valence-corrected chi connectivity index (χ3v) is 6.04. The van der Waals surface area contributed by atoms with E-state index in [1.807, 2.05) is 0 Å². The van der Waals surface area contributed by atoms with E-state index in [0.717, 1.165) is 42.6 Å². The Bertz CT molecular complexity index is 372. The number of aliphatic hydroxyl groups is 1. The molecule has 1 saturated carbocycles. The number of rotatable bonds is 5. The number of hydrogen-bond donors (Lipinski definition) is 1. The number of hydrogen-bond acceptors (Lipinski definition) is 1. The first-order valence-electron chi connectivity index (χ1n) is 9.05. The summed E-state index contributed by atoms with van der Waals surface area (Å²) in [5.41, 5.74) is 1.05. The SMILES string of the molecule is CC1CCC(C2CC=C(C(C)C(F)C(F)C(C)O)CC2)CC1. The van der Waals surface area contributed by atoms with Gasteiger partial charge in [-0.25, -0.2) is 8.78 Å². The van der Waals surface area contributed by atoms with Crippen molar-refractivity contribution in [2.24, 2.45) is 23.7 Å². The molecule has 0 saturated heterocycles. The molecule has 1 nitrogen and oxygen atoms in total. The molecule has 0 aromatic heterocycles. The van der Waals surface area contributed by atoms with E-state index in [4.69, 9.17) is 0 Å². The van der Waals surface area contributed by atoms with Gasteiger partial charge < -0.3 is 5.11 Å². The summed E-state index contributed by atoms with van der Waals surface area (Å²) >= 11 is 0. The van der Waals surface area contributed by atoms with Gasteiger partial charge in [0, 0.05) is 5.92 Å². The zero-order valence-electron chi connectivity index (χ0n) is 14.3. The maximum Gasteiger partial charge on any atom is 0.157 e. The first-order chi connectivity index (χ1) is 10.4. The average Bonchev–Trinajstić information content (AvgIpc) is 2.53. The number of aliphatic hydroxyl groups excluding tert-OH is 1. The van der Waals surface area contributed by atoms with E-state index in [1.54, 1.807) is 6.92 Å². The number of halogens is 2. The molecule has 2 aliphatic carbocycles. The van der Waals surface area contributed by atoms with E-state index in [0.29, 0.717) is 0 Å². The summed E-state index contributed by atoms with van der Waals surface area (Å²) in [5.74, 6) is 2.02. The number of allylic oxidation sites excluding steroid dienone is 2. The lowest BCUT2D eigenvalue weighted by Gasteiger charge is -2.36. The summed E-state index contributed by atoms with van der Waals surface area (Å²) in [7, 11) is 0. The van der Waals surface area contributed by atoms with Gasteiger partial charge in [0.05, 0.1) is 6.10 Å². The van der Waals surface area contributed by atoms with Gasteiger partial charge in [-0.05, 0) is 56.8 Å². The highest BCUT2D eigenvalue weighted by atomic mass is 19.2. The first-order valence-corrected chi connectivity index (χ1v) is 9.05. The molecular weight excluding hydrogens is 282 g/mol. The Morgan fingerprint density at radius 1 is 1.00 bits per heavy atom. The van der Waals surface area contributed by atoms with E-state index >= 15 is 0 Å². The molecule has 0 amide bonds. The van der Waals surface area contributed by atoms with Gasteiger partial charge in [0.1, 0.15) is 6.17 Å². The topological polar surface area (TPSA) is 20.2 Å². The number of alkyl halides is 2. The van der Waals surface area contributed by atoms with Gasteiger partial charge in [0.15, 0.2) is 6.17 Å². The van der Waals surface area contributed by atoms with Crippen molar-refractivity contribution in [1.82, 2.24) is 0 Å². The van der Waals surface area contributed by atoms with Crippen LogP contribution in [0.3, 0.4) is 0 Å². The van der Waals surface area contributed by atoms with Crippen molar-refractivity contribution in [2.75, 3.05) is 0 Å². The van der Waals surface area contributed by atoms with Crippen LogP contribution in [0.4, 0.5) is 8.78 Å². The fourth-order valence-corrected chi connectivity index (χ4v) is 4.22. The van der Waals surface area contributed by atoms with Crippen molar-refractivity contribution >= 4 is 0 Å². The lowest BCUT2D eigenvalue weighted by atomic mass is 9.70. The monoisotopic (exact) mass is 314 g/mol. The molecule has 5 unspecified atom stereocenters. The highest BCUT2D eigenvalue weighted by Gasteiger charge is 2.34. The van der Waals surface area contributed by atoms with Gasteiger partial charge in [-0.3, -0.25) is 0 Å². The molecule has 22 heavy (non-hydrogen) atoms. The fraction of sp³-hybridized carbons (Fsp3) is 0.895. The largest absolute Gasteiger partial charge is 0.390 e. The molecule has 2 rings (SSSR count). The minimum Gasteiger partial charge on any atom is -0.390 e. The predicted molar refractivity (Wildman–Crippen MR) is 87.2 cm³/mol. The maximum atomic E-state index is 14.1. The lowest BCUT2D eigenvalue weighted by molar-refractivity contribution is 0.0222. The molecule has 3 heteroatoms. The zero-order valence-corrected chi connectivity index (χ0v) is 14.3. The summed E-state index contributed by atoms with van der Waals surface area (Å²) in [5, 5.41) is 9.24. The Balaban J connectivity index is 1.88. The fourth-order valence-electron chi connectivity index (χ4n) is 4.22. The van der Waals surface area contributed by atoms with Crippen LogP contribution in [0, 0.1) is 23.7 Å². The zero-order chi connectivity index (χ0) is 16.3. The molecular formula is C19H32F2O.